The quantitative estimate of drug-likeness (QED) is 0.456. The highest BCUT2D eigenvalue weighted by Crippen LogP contribution is 1.85. The van der Waals surface area contributed by atoms with E-state index in [1.165, 1.54) is 6.92 Å². The van der Waals surface area contributed by atoms with E-state index in [4.69, 9.17) is 4.74 Å². The van der Waals surface area contributed by atoms with Gasteiger partial charge in [-0.25, -0.2) is 4.79 Å². The predicted molar refractivity (Wildman–Crippen MR) is 47.9 cm³/mol. The molecule has 0 rings (SSSR count). The number of nitrogens with one attached hydrogen (secondary N) is 2. The van der Waals surface area contributed by atoms with Crippen LogP contribution in [0.5, 0.6) is 0 Å². The highest BCUT2D eigenvalue weighted by atomic mass is 16.5. The van der Waals surface area contributed by atoms with E-state index in [1.807, 2.05) is 6.92 Å². The average molecular weight is 188 g/mol. The number of carbonyl (C=O) groups excluding carboxylic acids is 2. The first-order valence-corrected chi connectivity index (χ1v) is 4.28. The van der Waals surface area contributed by atoms with Crippen molar-refractivity contribution in [3.05, 3.63) is 0 Å². The van der Waals surface area contributed by atoms with Crippen molar-refractivity contribution in [3.63, 3.8) is 0 Å². The molecular formula is C8H16N2O3. The van der Waals surface area contributed by atoms with E-state index in [9.17, 15) is 9.59 Å². The molecule has 0 aliphatic heterocycles. The molecule has 0 bridgehead atoms. The van der Waals surface area contributed by atoms with Crippen molar-refractivity contribution in [1.82, 2.24) is 10.6 Å². The van der Waals surface area contributed by atoms with Gasteiger partial charge in [0, 0.05) is 6.92 Å². The third kappa shape index (κ3) is 5.19. The fraction of sp³-hybridized carbons (Fsp3) is 0.750. The van der Waals surface area contributed by atoms with Crippen LogP contribution in [0.15, 0.2) is 0 Å². The molecule has 0 radical (unpaired) electrons. The second kappa shape index (κ2) is 6.42. The Hall–Kier alpha value is -1.10. The van der Waals surface area contributed by atoms with Crippen molar-refractivity contribution in [2.45, 2.75) is 26.9 Å². The lowest BCUT2D eigenvalue weighted by Gasteiger charge is -2.16. The van der Waals surface area contributed by atoms with Crippen LogP contribution in [0.1, 0.15) is 20.8 Å². The standard InChI is InChI=1S/C8H16N2O3/c1-4-9-7(10-6(3)11)8(12)13-5-2/h7,9H,4-5H2,1-3H3,(H,10,11)/t7-/m0/s1. The second-order valence-electron chi connectivity index (χ2n) is 2.44. The zero-order chi connectivity index (χ0) is 10.3. The molecule has 1 atom stereocenters. The highest BCUT2D eigenvalue weighted by Gasteiger charge is 2.18. The van der Waals surface area contributed by atoms with Crippen molar-refractivity contribution in [2.24, 2.45) is 0 Å². The van der Waals surface area contributed by atoms with Crippen molar-refractivity contribution >= 4 is 11.9 Å². The molecule has 0 aromatic rings. The van der Waals surface area contributed by atoms with Crippen molar-refractivity contribution in [1.29, 1.82) is 0 Å². The lowest BCUT2D eigenvalue weighted by Crippen LogP contribution is -2.50. The molecule has 0 aliphatic rings. The summed E-state index contributed by atoms with van der Waals surface area (Å²) in [5.74, 6) is -0.724. The third-order valence-corrected chi connectivity index (χ3v) is 1.28. The van der Waals surface area contributed by atoms with Crippen LogP contribution in [-0.4, -0.2) is 31.2 Å². The molecule has 0 aromatic carbocycles. The fourth-order valence-corrected chi connectivity index (χ4v) is 0.826. The van der Waals surface area contributed by atoms with E-state index >= 15 is 0 Å². The molecule has 0 spiro atoms. The Kier molecular flexibility index (Phi) is 5.88. The fourth-order valence-electron chi connectivity index (χ4n) is 0.826. The van der Waals surface area contributed by atoms with Crippen LogP contribution in [-0.2, 0) is 14.3 Å². The Morgan fingerprint density at radius 3 is 2.38 bits per heavy atom. The van der Waals surface area contributed by atoms with Gasteiger partial charge in [-0.1, -0.05) is 6.92 Å². The maximum absolute atomic E-state index is 11.2. The first kappa shape index (κ1) is 11.9. The predicted octanol–water partition coefficient (Wildman–Crippen LogP) is -0.379. The highest BCUT2D eigenvalue weighted by molar-refractivity contribution is 5.82. The van der Waals surface area contributed by atoms with E-state index < -0.39 is 12.1 Å². The lowest BCUT2D eigenvalue weighted by atomic mass is 10.4. The molecule has 0 heterocycles. The number of hydrogen-bond donors (Lipinski definition) is 2. The molecule has 0 unspecified atom stereocenters. The average Bonchev–Trinajstić information content (AvgIpc) is 2.03. The molecule has 0 aliphatic carbocycles. The number of carbonyl (C=O) groups is 2. The van der Waals surface area contributed by atoms with Crippen LogP contribution in [0.3, 0.4) is 0 Å². The molecule has 13 heavy (non-hydrogen) atoms. The summed E-state index contributed by atoms with van der Waals surface area (Å²) < 4.78 is 4.74. The van der Waals surface area contributed by atoms with Gasteiger partial charge in [0.15, 0.2) is 6.17 Å². The van der Waals surface area contributed by atoms with Gasteiger partial charge in [-0.15, -0.1) is 0 Å². The molecule has 0 fully saturated rings. The molecule has 0 saturated heterocycles. The maximum atomic E-state index is 11.2. The lowest BCUT2D eigenvalue weighted by molar-refractivity contribution is -0.148. The van der Waals surface area contributed by atoms with Crippen LogP contribution in [0.4, 0.5) is 0 Å². The van der Waals surface area contributed by atoms with Gasteiger partial charge in [-0.05, 0) is 13.5 Å². The Bertz CT molecular complexity index is 182. The minimum atomic E-state index is -0.734. The summed E-state index contributed by atoms with van der Waals surface area (Å²) in [6, 6.07) is 0. The maximum Gasteiger partial charge on any atom is 0.343 e. The molecular weight excluding hydrogens is 172 g/mol. The summed E-state index contributed by atoms with van der Waals surface area (Å²) in [4.78, 5) is 21.8. The van der Waals surface area contributed by atoms with E-state index in [0.29, 0.717) is 13.2 Å². The SMILES string of the molecule is CCN[C@@H](NC(C)=O)C(=O)OCC. The second-order valence-corrected chi connectivity index (χ2v) is 2.44. The zero-order valence-corrected chi connectivity index (χ0v) is 8.22. The molecule has 0 aromatic heterocycles. The third-order valence-electron chi connectivity index (χ3n) is 1.28. The molecule has 76 valence electrons. The number of likely N-dealkylation sites (N-methyl/N-ethyl adjacent to an activating group) is 1. The largest absolute Gasteiger partial charge is 0.463 e. The van der Waals surface area contributed by atoms with Gasteiger partial charge in [0.2, 0.25) is 5.91 Å². The molecule has 2 N–H and O–H groups in total. The molecule has 1 amide bonds. The van der Waals surface area contributed by atoms with Gasteiger partial charge in [0.1, 0.15) is 0 Å². The van der Waals surface area contributed by atoms with E-state index in [0.717, 1.165) is 0 Å². The Morgan fingerprint density at radius 2 is 2.00 bits per heavy atom. The van der Waals surface area contributed by atoms with Gasteiger partial charge in [-0.3, -0.25) is 10.1 Å². The van der Waals surface area contributed by atoms with Gasteiger partial charge >= 0.3 is 5.97 Å². The van der Waals surface area contributed by atoms with Crippen LogP contribution in [0, 0.1) is 0 Å². The van der Waals surface area contributed by atoms with Crippen molar-refractivity contribution in [3.8, 4) is 0 Å². The smallest absolute Gasteiger partial charge is 0.343 e. The first-order chi connectivity index (χ1) is 6.11. The number of hydrogen-bond acceptors (Lipinski definition) is 4. The van der Waals surface area contributed by atoms with Crippen LogP contribution in [0.2, 0.25) is 0 Å². The number of ether oxygens (including phenoxy) is 1. The summed E-state index contributed by atoms with van der Waals surface area (Å²) in [6.45, 7) is 5.80. The minimum Gasteiger partial charge on any atom is -0.463 e. The summed E-state index contributed by atoms with van der Waals surface area (Å²) in [5.41, 5.74) is 0. The van der Waals surface area contributed by atoms with Crippen LogP contribution >= 0.6 is 0 Å². The number of rotatable bonds is 5. The molecule has 5 heteroatoms. The van der Waals surface area contributed by atoms with E-state index in [-0.39, 0.29) is 5.91 Å². The Balaban J connectivity index is 4.06. The van der Waals surface area contributed by atoms with Crippen molar-refractivity contribution in [2.75, 3.05) is 13.2 Å². The van der Waals surface area contributed by atoms with E-state index in [1.54, 1.807) is 6.92 Å². The number of amides is 1. The molecule has 0 saturated carbocycles. The summed E-state index contributed by atoms with van der Waals surface area (Å²) in [5, 5.41) is 5.23. The van der Waals surface area contributed by atoms with Crippen LogP contribution in [0.25, 0.3) is 0 Å². The zero-order valence-electron chi connectivity index (χ0n) is 8.22. The minimum absolute atomic E-state index is 0.265. The first-order valence-electron chi connectivity index (χ1n) is 4.28. The van der Waals surface area contributed by atoms with Gasteiger partial charge in [0.05, 0.1) is 6.61 Å². The van der Waals surface area contributed by atoms with E-state index in [2.05, 4.69) is 10.6 Å². The topological polar surface area (TPSA) is 67.4 Å². The summed E-state index contributed by atoms with van der Waals surface area (Å²) >= 11 is 0. The number of esters is 1. The summed E-state index contributed by atoms with van der Waals surface area (Å²) in [7, 11) is 0. The monoisotopic (exact) mass is 188 g/mol. The van der Waals surface area contributed by atoms with Gasteiger partial charge in [0.25, 0.3) is 0 Å². The summed E-state index contributed by atoms with van der Waals surface area (Å²) in [6.07, 6.45) is -0.734. The van der Waals surface area contributed by atoms with Crippen LogP contribution < -0.4 is 10.6 Å². The van der Waals surface area contributed by atoms with Crippen molar-refractivity contribution < 1.29 is 14.3 Å². The Morgan fingerprint density at radius 1 is 1.38 bits per heavy atom. The molecule has 5 nitrogen and oxygen atoms in total. The normalized spacial score (nSPS) is 11.9. The van der Waals surface area contributed by atoms with Gasteiger partial charge < -0.3 is 10.1 Å². The Labute approximate surface area is 77.8 Å². The van der Waals surface area contributed by atoms with Gasteiger partial charge in [-0.2, -0.15) is 0 Å².